The summed E-state index contributed by atoms with van der Waals surface area (Å²) in [5, 5.41) is 3.89. The SMILES string of the molecule is COC(=O)c1c(C(C)/C=N\OCCOC(C)(C)C)cc(=O)n(C)c1Cl. The van der Waals surface area contributed by atoms with Gasteiger partial charge < -0.3 is 18.9 Å². The molecule has 1 rings (SSSR count). The molecule has 0 saturated carbocycles. The van der Waals surface area contributed by atoms with Crippen molar-refractivity contribution in [1.29, 1.82) is 0 Å². The second-order valence-electron chi connectivity index (χ2n) is 6.49. The third kappa shape index (κ3) is 6.17. The van der Waals surface area contributed by atoms with Crippen LogP contribution in [0.25, 0.3) is 0 Å². The zero-order valence-electron chi connectivity index (χ0n) is 15.5. The molecule has 1 unspecified atom stereocenters. The Labute approximate surface area is 152 Å². The molecule has 0 saturated heterocycles. The fourth-order valence-electron chi connectivity index (χ4n) is 2.00. The molecule has 140 valence electrons. The van der Waals surface area contributed by atoms with Gasteiger partial charge in [-0.15, -0.1) is 0 Å². The van der Waals surface area contributed by atoms with E-state index in [0.29, 0.717) is 18.8 Å². The summed E-state index contributed by atoms with van der Waals surface area (Å²) in [4.78, 5) is 29.1. The number of pyridine rings is 1. The molecule has 0 bridgehead atoms. The number of carbonyl (C=O) groups excluding carboxylic acids is 1. The summed E-state index contributed by atoms with van der Waals surface area (Å²) in [5.74, 6) is -0.987. The molecule has 0 spiro atoms. The van der Waals surface area contributed by atoms with Gasteiger partial charge in [0.1, 0.15) is 11.8 Å². The number of ether oxygens (including phenoxy) is 2. The van der Waals surface area contributed by atoms with Crippen LogP contribution in [0.1, 0.15) is 49.5 Å². The average molecular weight is 373 g/mol. The Morgan fingerprint density at radius 2 is 2.04 bits per heavy atom. The lowest BCUT2D eigenvalue weighted by Crippen LogP contribution is -2.23. The smallest absolute Gasteiger partial charge is 0.341 e. The molecule has 25 heavy (non-hydrogen) atoms. The van der Waals surface area contributed by atoms with Gasteiger partial charge in [-0.3, -0.25) is 4.79 Å². The van der Waals surface area contributed by atoms with Gasteiger partial charge in [-0.25, -0.2) is 4.79 Å². The molecular weight excluding hydrogens is 348 g/mol. The van der Waals surface area contributed by atoms with Crippen molar-refractivity contribution in [2.24, 2.45) is 12.2 Å². The minimum atomic E-state index is -0.615. The van der Waals surface area contributed by atoms with Crippen molar-refractivity contribution in [2.45, 2.75) is 39.2 Å². The molecule has 1 atom stereocenters. The van der Waals surface area contributed by atoms with Crippen LogP contribution in [-0.4, -0.2) is 42.7 Å². The highest BCUT2D eigenvalue weighted by atomic mass is 35.5. The molecular formula is C17H25ClN2O5. The first-order chi connectivity index (χ1) is 11.6. The van der Waals surface area contributed by atoms with E-state index in [2.05, 4.69) is 5.16 Å². The number of nitrogens with zero attached hydrogens (tertiary/aromatic N) is 2. The summed E-state index contributed by atoms with van der Waals surface area (Å²) in [6.45, 7) is 8.32. The Morgan fingerprint density at radius 1 is 1.40 bits per heavy atom. The minimum absolute atomic E-state index is 0.0223. The maximum Gasteiger partial charge on any atom is 0.341 e. The zero-order chi connectivity index (χ0) is 19.2. The van der Waals surface area contributed by atoms with Gasteiger partial charge in [-0.2, -0.15) is 0 Å². The number of oxime groups is 1. The number of aromatic nitrogens is 1. The van der Waals surface area contributed by atoms with E-state index in [9.17, 15) is 9.59 Å². The van der Waals surface area contributed by atoms with Crippen LogP contribution in [0.15, 0.2) is 16.0 Å². The van der Waals surface area contributed by atoms with Crippen molar-refractivity contribution in [3.63, 3.8) is 0 Å². The standard InChI is InChI=1S/C17H25ClN2O5/c1-11(10-19-25-8-7-24-17(2,3)4)12-9-13(21)20(5)15(18)14(12)16(22)23-6/h9-11H,7-8H2,1-6H3/b19-10-. The van der Waals surface area contributed by atoms with Crippen molar-refractivity contribution in [3.8, 4) is 0 Å². The van der Waals surface area contributed by atoms with Gasteiger partial charge in [-0.05, 0) is 26.3 Å². The normalized spacial score (nSPS) is 13.1. The van der Waals surface area contributed by atoms with Crippen molar-refractivity contribution in [3.05, 3.63) is 32.7 Å². The van der Waals surface area contributed by atoms with Crippen LogP contribution in [0.4, 0.5) is 0 Å². The Kier molecular flexibility index (Phi) is 7.63. The van der Waals surface area contributed by atoms with Crippen LogP contribution in [0.5, 0.6) is 0 Å². The first-order valence-electron chi connectivity index (χ1n) is 7.85. The molecule has 0 aliphatic carbocycles. The van der Waals surface area contributed by atoms with E-state index in [1.807, 2.05) is 20.8 Å². The summed E-state index contributed by atoms with van der Waals surface area (Å²) in [5.41, 5.74) is 0.00306. The summed E-state index contributed by atoms with van der Waals surface area (Å²) in [6, 6.07) is 1.34. The quantitative estimate of drug-likeness (QED) is 0.242. The van der Waals surface area contributed by atoms with E-state index in [-0.39, 0.29) is 27.8 Å². The lowest BCUT2D eigenvalue weighted by atomic mass is 9.98. The number of halogens is 1. The van der Waals surface area contributed by atoms with Crippen LogP contribution in [0.3, 0.4) is 0 Å². The molecule has 0 aliphatic heterocycles. The molecule has 8 heteroatoms. The molecule has 0 fully saturated rings. The Hall–Kier alpha value is -1.86. The highest BCUT2D eigenvalue weighted by Crippen LogP contribution is 2.24. The van der Waals surface area contributed by atoms with E-state index in [1.165, 1.54) is 31.0 Å². The Morgan fingerprint density at radius 3 is 2.60 bits per heavy atom. The highest BCUT2D eigenvalue weighted by Gasteiger charge is 2.22. The second-order valence-corrected chi connectivity index (χ2v) is 6.85. The van der Waals surface area contributed by atoms with Crippen LogP contribution in [0.2, 0.25) is 5.15 Å². The van der Waals surface area contributed by atoms with Gasteiger partial charge in [0.2, 0.25) is 0 Å². The van der Waals surface area contributed by atoms with Crippen molar-refractivity contribution in [1.82, 2.24) is 4.57 Å². The minimum Gasteiger partial charge on any atom is -0.465 e. The van der Waals surface area contributed by atoms with Crippen LogP contribution >= 0.6 is 11.6 Å². The largest absolute Gasteiger partial charge is 0.465 e. The van der Waals surface area contributed by atoms with Gasteiger partial charge in [0.05, 0.1) is 31.1 Å². The van der Waals surface area contributed by atoms with E-state index in [0.717, 1.165) is 0 Å². The topological polar surface area (TPSA) is 79.1 Å². The Balaban J connectivity index is 2.87. The number of carbonyl (C=O) groups is 1. The van der Waals surface area contributed by atoms with E-state index in [1.54, 1.807) is 6.92 Å². The lowest BCUT2D eigenvalue weighted by Gasteiger charge is -2.18. The molecule has 0 aromatic carbocycles. The molecule has 1 aromatic heterocycles. The molecule has 0 amide bonds. The first-order valence-corrected chi connectivity index (χ1v) is 8.23. The summed E-state index contributed by atoms with van der Waals surface area (Å²) < 4.78 is 11.5. The molecule has 1 heterocycles. The Bertz CT molecular complexity index is 692. The number of hydrogen-bond donors (Lipinski definition) is 0. The molecule has 0 radical (unpaired) electrons. The monoisotopic (exact) mass is 372 g/mol. The molecule has 0 N–H and O–H groups in total. The van der Waals surface area contributed by atoms with Crippen molar-refractivity contribution in [2.75, 3.05) is 20.3 Å². The van der Waals surface area contributed by atoms with Gasteiger partial charge >= 0.3 is 5.97 Å². The van der Waals surface area contributed by atoms with E-state index in [4.69, 9.17) is 25.9 Å². The van der Waals surface area contributed by atoms with Gasteiger partial charge in [0.25, 0.3) is 5.56 Å². The van der Waals surface area contributed by atoms with E-state index < -0.39 is 5.97 Å². The van der Waals surface area contributed by atoms with Crippen LogP contribution in [-0.2, 0) is 21.4 Å². The van der Waals surface area contributed by atoms with Crippen LogP contribution < -0.4 is 5.56 Å². The maximum absolute atomic E-state index is 12.0. The summed E-state index contributed by atoms with van der Waals surface area (Å²) in [7, 11) is 2.74. The number of hydrogen-bond acceptors (Lipinski definition) is 6. The van der Waals surface area contributed by atoms with Crippen LogP contribution in [0, 0.1) is 0 Å². The lowest BCUT2D eigenvalue weighted by molar-refractivity contribution is -0.0339. The third-order valence-electron chi connectivity index (χ3n) is 3.35. The molecule has 7 nitrogen and oxygen atoms in total. The maximum atomic E-state index is 12.0. The summed E-state index contributed by atoms with van der Waals surface area (Å²) >= 11 is 6.14. The van der Waals surface area contributed by atoms with E-state index >= 15 is 0 Å². The van der Waals surface area contributed by atoms with Gasteiger partial charge in [-0.1, -0.05) is 23.7 Å². The number of esters is 1. The van der Waals surface area contributed by atoms with Gasteiger partial charge in [0.15, 0.2) is 0 Å². The zero-order valence-corrected chi connectivity index (χ0v) is 16.2. The fourth-order valence-corrected chi connectivity index (χ4v) is 2.27. The third-order valence-corrected chi connectivity index (χ3v) is 3.79. The fraction of sp³-hybridized carbons (Fsp3) is 0.588. The number of rotatable bonds is 7. The van der Waals surface area contributed by atoms with Crippen molar-refractivity contribution >= 4 is 23.8 Å². The predicted molar refractivity (Wildman–Crippen MR) is 96.6 cm³/mol. The van der Waals surface area contributed by atoms with Gasteiger partial charge in [0, 0.05) is 19.0 Å². The average Bonchev–Trinajstić information content (AvgIpc) is 2.53. The number of methoxy groups -OCH3 is 1. The second kappa shape index (κ2) is 9.01. The highest BCUT2D eigenvalue weighted by molar-refractivity contribution is 6.32. The molecule has 0 aliphatic rings. The first kappa shape index (κ1) is 21.2. The summed E-state index contributed by atoms with van der Waals surface area (Å²) in [6.07, 6.45) is 1.49. The molecule has 1 aromatic rings. The predicted octanol–water partition coefficient (Wildman–Crippen LogP) is 2.75. The van der Waals surface area contributed by atoms with Crippen molar-refractivity contribution < 1.29 is 19.1 Å².